The summed E-state index contributed by atoms with van der Waals surface area (Å²) in [5, 5.41) is 10.5. The van der Waals surface area contributed by atoms with E-state index in [1.54, 1.807) is 11.4 Å². The molecule has 1 rings (SSSR count). The Kier molecular flexibility index (Phi) is 3.66. The quantitative estimate of drug-likeness (QED) is 0.716. The van der Waals surface area contributed by atoms with Crippen LogP contribution in [0.2, 0.25) is 0 Å². The average Bonchev–Trinajstić information content (AvgIpc) is 2.67. The lowest BCUT2D eigenvalue weighted by Gasteiger charge is -2.04. The summed E-state index contributed by atoms with van der Waals surface area (Å²) in [6.07, 6.45) is 0.538. The molecule has 74 valence electrons. The second-order valence-corrected chi connectivity index (χ2v) is 3.69. The molecule has 0 N–H and O–H groups in total. The lowest BCUT2D eigenvalue weighted by molar-refractivity contribution is 0.0948. The second kappa shape index (κ2) is 4.77. The van der Waals surface area contributed by atoms with Gasteiger partial charge >= 0.3 is 0 Å². The molecule has 1 atom stereocenters. The molecular formula is C10H11NO2S. The van der Waals surface area contributed by atoms with Gasteiger partial charge in [0.1, 0.15) is 16.5 Å². The minimum absolute atomic E-state index is 0.137. The van der Waals surface area contributed by atoms with Crippen LogP contribution in [0.4, 0.5) is 0 Å². The third-order valence-corrected chi connectivity index (χ3v) is 2.86. The number of nitriles is 1. The van der Waals surface area contributed by atoms with Crippen molar-refractivity contribution >= 4 is 17.1 Å². The predicted octanol–water partition coefficient (Wildman–Crippen LogP) is 2.49. The fourth-order valence-electron chi connectivity index (χ4n) is 1.13. The zero-order valence-corrected chi connectivity index (χ0v) is 8.93. The third-order valence-electron chi connectivity index (χ3n) is 1.95. The molecule has 1 aromatic heterocycles. The molecular weight excluding hydrogens is 198 g/mol. The number of hydrogen-bond acceptors (Lipinski definition) is 4. The predicted molar refractivity (Wildman–Crippen MR) is 54.6 cm³/mol. The van der Waals surface area contributed by atoms with Crippen molar-refractivity contribution in [3.8, 4) is 11.8 Å². The third kappa shape index (κ3) is 1.94. The Hall–Kier alpha value is -1.34. The van der Waals surface area contributed by atoms with Gasteiger partial charge in [-0.3, -0.25) is 4.79 Å². The molecule has 0 aliphatic heterocycles. The number of hydrogen-bond donors (Lipinski definition) is 0. The Morgan fingerprint density at radius 2 is 2.50 bits per heavy atom. The number of carbonyl (C=O) groups is 1. The molecule has 0 bridgehead atoms. The largest absolute Gasteiger partial charge is 0.495 e. The highest BCUT2D eigenvalue weighted by molar-refractivity contribution is 7.12. The Bertz CT molecular complexity index is 364. The van der Waals surface area contributed by atoms with E-state index < -0.39 is 5.92 Å². The standard InChI is InChI=1S/C10H11NO2S/c1-3-7(6-11)9(12)10-8(13-2)4-5-14-10/h4-5,7H,3H2,1-2H3. The second-order valence-electron chi connectivity index (χ2n) is 2.77. The van der Waals surface area contributed by atoms with Gasteiger partial charge in [-0.2, -0.15) is 5.26 Å². The van der Waals surface area contributed by atoms with Gasteiger partial charge in [0.05, 0.1) is 13.2 Å². The highest BCUT2D eigenvalue weighted by Crippen LogP contribution is 2.27. The van der Waals surface area contributed by atoms with Crippen LogP contribution in [0.1, 0.15) is 23.0 Å². The minimum Gasteiger partial charge on any atom is -0.495 e. The number of methoxy groups -OCH3 is 1. The van der Waals surface area contributed by atoms with Crippen LogP contribution in [-0.2, 0) is 0 Å². The van der Waals surface area contributed by atoms with Crippen LogP contribution >= 0.6 is 11.3 Å². The molecule has 4 heteroatoms. The lowest BCUT2D eigenvalue weighted by atomic mass is 10.0. The molecule has 3 nitrogen and oxygen atoms in total. The van der Waals surface area contributed by atoms with Crippen molar-refractivity contribution in [1.82, 2.24) is 0 Å². The van der Waals surface area contributed by atoms with Crippen LogP contribution in [-0.4, -0.2) is 12.9 Å². The molecule has 0 amide bonds. The van der Waals surface area contributed by atoms with Gasteiger partial charge in [-0.1, -0.05) is 6.92 Å². The monoisotopic (exact) mass is 209 g/mol. The molecule has 0 aliphatic carbocycles. The van der Waals surface area contributed by atoms with Crippen LogP contribution in [0.5, 0.6) is 5.75 Å². The molecule has 0 saturated carbocycles. The Balaban J connectivity index is 2.95. The van der Waals surface area contributed by atoms with Gasteiger partial charge in [-0.05, 0) is 17.9 Å². The van der Waals surface area contributed by atoms with E-state index in [2.05, 4.69) is 0 Å². The van der Waals surface area contributed by atoms with E-state index in [1.807, 2.05) is 13.0 Å². The van der Waals surface area contributed by atoms with Gasteiger partial charge in [-0.25, -0.2) is 0 Å². The SMILES string of the molecule is CCC(C#N)C(=O)c1sccc1OC. The Morgan fingerprint density at radius 3 is 3.00 bits per heavy atom. The van der Waals surface area contributed by atoms with Gasteiger partial charge in [0, 0.05) is 0 Å². The molecule has 14 heavy (non-hydrogen) atoms. The maximum Gasteiger partial charge on any atom is 0.193 e. The fourth-order valence-corrected chi connectivity index (χ4v) is 1.99. The van der Waals surface area contributed by atoms with E-state index in [0.717, 1.165) is 0 Å². The summed E-state index contributed by atoms with van der Waals surface area (Å²) in [4.78, 5) is 12.3. The first-order valence-electron chi connectivity index (χ1n) is 4.29. The van der Waals surface area contributed by atoms with E-state index in [-0.39, 0.29) is 5.78 Å². The lowest BCUT2D eigenvalue weighted by Crippen LogP contribution is -2.11. The first-order chi connectivity index (χ1) is 6.74. The van der Waals surface area contributed by atoms with Gasteiger partial charge in [0.15, 0.2) is 5.78 Å². The summed E-state index contributed by atoms with van der Waals surface area (Å²) in [5.74, 6) is -0.127. The van der Waals surface area contributed by atoms with Gasteiger partial charge in [0.2, 0.25) is 0 Å². The molecule has 0 radical (unpaired) electrons. The smallest absolute Gasteiger partial charge is 0.193 e. The van der Waals surface area contributed by atoms with Crippen molar-refractivity contribution in [3.63, 3.8) is 0 Å². The summed E-state index contributed by atoms with van der Waals surface area (Å²) in [5.41, 5.74) is 0. The number of Topliss-reactive ketones (excluding diaryl/α,β-unsaturated/α-hetero) is 1. The van der Waals surface area contributed by atoms with Crippen molar-refractivity contribution in [2.45, 2.75) is 13.3 Å². The van der Waals surface area contributed by atoms with Gasteiger partial charge < -0.3 is 4.74 Å². The zero-order chi connectivity index (χ0) is 10.6. The number of ether oxygens (including phenoxy) is 1. The summed E-state index contributed by atoms with van der Waals surface area (Å²) in [6, 6.07) is 3.73. The molecule has 1 unspecified atom stereocenters. The molecule has 0 fully saturated rings. The maximum absolute atomic E-state index is 11.8. The highest BCUT2D eigenvalue weighted by Gasteiger charge is 2.22. The number of rotatable bonds is 4. The van der Waals surface area contributed by atoms with Crippen molar-refractivity contribution in [1.29, 1.82) is 5.26 Å². The molecule has 1 heterocycles. The van der Waals surface area contributed by atoms with Gasteiger partial charge in [-0.15, -0.1) is 11.3 Å². The summed E-state index contributed by atoms with van der Waals surface area (Å²) in [6.45, 7) is 1.83. The summed E-state index contributed by atoms with van der Waals surface area (Å²) < 4.78 is 5.03. The number of thiophene rings is 1. The zero-order valence-electron chi connectivity index (χ0n) is 8.11. The van der Waals surface area contributed by atoms with E-state index in [9.17, 15) is 4.79 Å². The minimum atomic E-state index is -0.553. The summed E-state index contributed by atoms with van der Waals surface area (Å²) >= 11 is 1.32. The first-order valence-corrected chi connectivity index (χ1v) is 5.17. The van der Waals surface area contributed by atoms with Crippen LogP contribution in [0.3, 0.4) is 0 Å². The molecule has 0 aromatic carbocycles. The topological polar surface area (TPSA) is 50.1 Å². The number of nitrogens with zero attached hydrogens (tertiary/aromatic N) is 1. The van der Waals surface area contributed by atoms with E-state index in [1.165, 1.54) is 18.4 Å². The van der Waals surface area contributed by atoms with Gasteiger partial charge in [0.25, 0.3) is 0 Å². The highest BCUT2D eigenvalue weighted by atomic mass is 32.1. The summed E-state index contributed by atoms with van der Waals surface area (Å²) in [7, 11) is 1.52. The maximum atomic E-state index is 11.8. The number of ketones is 1. The molecule has 0 saturated heterocycles. The van der Waals surface area contributed by atoms with Crippen LogP contribution in [0.15, 0.2) is 11.4 Å². The molecule has 0 spiro atoms. The Morgan fingerprint density at radius 1 is 1.79 bits per heavy atom. The van der Waals surface area contributed by atoms with E-state index in [4.69, 9.17) is 10.00 Å². The van der Waals surface area contributed by atoms with Crippen LogP contribution in [0.25, 0.3) is 0 Å². The Labute approximate surface area is 86.9 Å². The first kappa shape index (κ1) is 10.7. The number of carbonyl (C=O) groups excluding carboxylic acids is 1. The van der Waals surface area contributed by atoms with Crippen LogP contribution in [0, 0.1) is 17.2 Å². The van der Waals surface area contributed by atoms with Crippen LogP contribution < -0.4 is 4.74 Å². The van der Waals surface area contributed by atoms with E-state index >= 15 is 0 Å². The molecule has 1 aromatic rings. The van der Waals surface area contributed by atoms with Crippen molar-refractivity contribution in [3.05, 3.63) is 16.3 Å². The van der Waals surface area contributed by atoms with Crippen molar-refractivity contribution in [2.75, 3.05) is 7.11 Å². The van der Waals surface area contributed by atoms with Crippen molar-refractivity contribution < 1.29 is 9.53 Å². The normalized spacial score (nSPS) is 11.8. The van der Waals surface area contributed by atoms with Crippen molar-refractivity contribution in [2.24, 2.45) is 5.92 Å². The van der Waals surface area contributed by atoms with E-state index in [0.29, 0.717) is 17.0 Å². The fraction of sp³-hybridized carbons (Fsp3) is 0.400. The molecule has 0 aliphatic rings. The average molecular weight is 209 g/mol.